The SMILES string of the molecule is COCc1nc(NN)cc(NC2CCCC2CO)n1. The fourth-order valence-electron chi connectivity index (χ4n) is 2.47. The van der Waals surface area contributed by atoms with E-state index < -0.39 is 0 Å². The minimum Gasteiger partial charge on any atom is -0.396 e. The minimum atomic E-state index is 0.204. The fraction of sp³-hybridized carbons (Fsp3) is 0.667. The first-order chi connectivity index (χ1) is 9.26. The third-order valence-electron chi connectivity index (χ3n) is 3.42. The molecule has 1 saturated carbocycles. The lowest BCUT2D eigenvalue weighted by Crippen LogP contribution is -2.27. The zero-order chi connectivity index (χ0) is 13.7. The molecule has 2 unspecified atom stereocenters. The molecule has 1 aliphatic carbocycles. The Morgan fingerprint density at radius 2 is 2.21 bits per heavy atom. The van der Waals surface area contributed by atoms with E-state index in [1.807, 2.05) is 0 Å². The number of rotatable bonds is 6. The molecule has 0 spiro atoms. The van der Waals surface area contributed by atoms with Crippen molar-refractivity contribution in [2.24, 2.45) is 11.8 Å². The van der Waals surface area contributed by atoms with E-state index in [1.165, 1.54) is 0 Å². The van der Waals surface area contributed by atoms with Gasteiger partial charge in [0.2, 0.25) is 0 Å². The van der Waals surface area contributed by atoms with Crippen molar-refractivity contribution in [3.63, 3.8) is 0 Å². The van der Waals surface area contributed by atoms with Crippen LogP contribution in [0.5, 0.6) is 0 Å². The largest absolute Gasteiger partial charge is 0.396 e. The molecule has 1 fully saturated rings. The molecule has 1 heterocycles. The number of aromatic nitrogens is 2. The Bertz CT molecular complexity index is 415. The van der Waals surface area contributed by atoms with Gasteiger partial charge >= 0.3 is 0 Å². The minimum absolute atomic E-state index is 0.204. The van der Waals surface area contributed by atoms with Crippen molar-refractivity contribution in [1.82, 2.24) is 9.97 Å². The average molecular weight is 267 g/mol. The lowest BCUT2D eigenvalue weighted by atomic mass is 10.1. The van der Waals surface area contributed by atoms with Gasteiger partial charge in [-0.1, -0.05) is 6.42 Å². The highest BCUT2D eigenvalue weighted by molar-refractivity contribution is 5.47. The molecule has 0 aromatic carbocycles. The summed E-state index contributed by atoms with van der Waals surface area (Å²) in [6, 6.07) is 2.01. The molecule has 0 radical (unpaired) electrons. The van der Waals surface area contributed by atoms with Crippen LogP contribution in [-0.4, -0.2) is 34.8 Å². The predicted molar refractivity (Wildman–Crippen MR) is 72.4 cm³/mol. The third kappa shape index (κ3) is 3.52. The number of methoxy groups -OCH3 is 1. The number of hydrogen-bond donors (Lipinski definition) is 4. The van der Waals surface area contributed by atoms with E-state index in [4.69, 9.17) is 10.6 Å². The van der Waals surface area contributed by atoms with Crippen molar-refractivity contribution < 1.29 is 9.84 Å². The van der Waals surface area contributed by atoms with Crippen molar-refractivity contribution in [1.29, 1.82) is 0 Å². The lowest BCUT2D eigenvalue weighted by molar-refractivity contribution is 0.178. The number of ether oxygens (including phenoxy) is 1. The van der Waals surface area contributed by atoms with Gasteiger partial charge in [-0.2, -0.15) is 0 Å². The van der Waals surface area contributed by atoms with Gasteiger partial charge in [-0.3, -0.25) is 0 Å². The fourth-order valence-corrected chi connectivity index (χ4v) is 2.47. The van der Waals surface area contributed by atoms with Crippen LogP contribution in [0.4, 0.5) is 11.6 Å². The molecule has 7 heteroatoms. The molecule has 2 rings (SSSR count). The molecule has 5 N–H and O–H groups in total. The second-order valence-electron chi connectivity index (χ2n) is 4.76. The number of nitrogens with zero attached hydrogens (tertiary/aromatic N) is 2. The van der Waals surface area contributed by atoms with Crippen LogP contribution in [0, 0.1) is 5.92 Å². The summed E-state index contributed by atoms with van der Waals surface area (Å²) in [5, 5.41) is 12.7. The molecule has 7 nitrogen and oxygen atoms in total. The highest BCUT2D eigenvalue weighted by Gasteiger charge is 2.26. The molecule has 2 atom stereocenters. The van der Waals surface area contributed by atoms with Crippen LogP contribution in [0.25, 0.3) is 0 Å². The van der Waals surface area contributed by atoms with E-state index >= 15 is 0 Å². The van der Waals surface area contributed by atoms with Crippen molar-refractivity contribution in [2.45, 2.75) is 31.9 Å². The zero-order valence-corrected chi connectivity index (χ0v) is 11.1. The first-order valence-corrected chi connectivity index (χ1v) is 6.47. The number of anilines is 2. The molecule has 0 amide bonds. The normalized spacial score (nSPS) is 22.5. The average Bonchev–Trinajstić information content (AvgIpc) is 2.86. The molecular formula is C12H21N5O2. The maximum absolute atomic E-state index is 9.33. The topological polar surface area (TPSA) is 105 Å². The highest BCUT2D eigenvalue weighted by atomic mass is 16.5. The third-order valence-corrected chi connectivity index (χ3v) is 3.42. The first kappa shape index (κ1) is 14.0. The van der Waals surface area contributed by atoms with Gasteiger partial charge in [-0.25, -0.2) is 15.8 Å². The Balaban J connectivity index is 2.12. The van der Waals surface area contributed by atoms with Gasteiger partial charge in [-0.15, -0.1) is 0 Å². The Morgan fingerprint density at radius 1 is 1.42 bits per heavy atom. The summed E-state index contributed by atoms with van der Waals surface area (Å²) in [7, 11) is 1.60. The molecule has 0 saturated heterocycles. The Kier molecular flexibility index (Phi) is 4.89. The number of hydrazine groups is 1. The molecule has 19 heavy (non-hydrogen) atoms. The number of aliphatic hydroxyl groups is 1. The predicted octanol–water partition coefficient (Wildman–Crippen LogP) is 0.481. The number of aliphatic hydroxyl groups excluding tert-OH is 1. The summed E-state index contributed by atoms with van der Waals surface area (Å²) in [5.74, 6) is 7.51. The number of nitrogens with one attached hydrogen (secondary N) is 2. The van der Waals surface area contributed by atoms with Gasteiger partial charge in [0.05, 0.1) is 0 Å². The lowest BCUT2D eigenvalue weighted by Gasteiger charge is -2.20. The van der Waals surface area contributed by atoms with Gasteiger partial charge in [-0.05, 0) is 12.8 Å². The standard InChI is InChI=1S/C12H21N5O2/c1-19-7-12-15-10(5-11(16-12)17-13)14-9-4-2-3-8(9)6-18/h5,8-9,18H,2-4,6-7,13H2,1H3,(H2,14,15,16,17). The molecular weight excluding hydrogens is 246 g/mol. The van der Waals surface area contributed by atoms with E-state index in [0.717, 1.165) is 19.3 Å². The van der Waals surface area contributed by atoms with Crippen LogP contribution < -0.4 is 16.6 Å². The van der Waals surface area contributed by atoms with Crippen molar-refractivity contribution in [3.8, 4) is 0 Å². The van der Waals surface area contributed by atoms with Crippen molar-refractivity contribution >= 4 is 11.6 Å². The van der Waals surface area contributed by atoms with Gasteiger partial charge < -0.3 is 20.6 Å². The van der Waals surface area contributed by atoms with Gasteiger partial charge in [0.25, 0.3) is 0 Å². The maximum atomic E-state index is 9.33. The van der Waals surface area contributed by atoms with Crippen LogP contribution in [-0.2, 0) is 11.3 Å². The molecule has 106 valence electrons. The molecule has 1 aromatic heterocycles. The van der Waals surface area contributed by atoms with Crippen LogP contribution in [0.1, 0.15) is 25.1 Å². The Labute approximate surface area is 112 Å². The van der Waals surface area contributed by atoms with Crippen LogP contribution in [0.15, 0.2) is 6.07 Å². The second-order valence-corrected chi connectivity index (χ2v) is 4.76. The second kappa shape index (κ2) is 6.65. The van der Waals surface area contributed by atoms with E-state index in [2.05, 4.69) is 20.7 Å². The van der Waals surface area contributed by atoms with Gasteiger partial charge in [0, 0.05) is 31.7 Å². The Morgan fingerprint density at radius 3 is 2.89 bits per heavy atom. The first-order valence-electron chi connectivity index (χ1n) is 6.47. The molecule has 0 bridgehead atoms. The van der Waals surface area contributed by atoms with Crippen LogP contribution in [0.3, 0.4) is 0 Å². The maximum Gasteiger partial charge on any atom is 0.158 e. The molecule has 0 aliphatic heterocycles. The van der Waals surface area contributed by atoms with Crippen molar-refractivity contribution in [3.05, 3.63) is 11.9 Å². The quantitative estimate of drug-likeness (QED) is 0.439. The van der Waals surface area contributed by atoms with Crippen LogP contribution >= 0.6 is 0 Å². The van der Waals surface area contributed by atoms with Gasteiger partial charge in [0.15, 0.2) is 5.82 Å². The monoisotopic (exact) mass is 267 g/mol. The number of hydrogen-bond acceptors (Lipinski definition) is 7. The summed E-state index contributed by atoms with van der Waals surface area (Å²) in [5.41, 5.74) is 2.52. The molecule has 1 aliphatic rings. The van der Waals surface area contributed by atoms with E-state index in [9.17, 15) is 5.11 Å². The zero-order valence-electron chi connectivity index (χ0n) is 11.1. The van der Waals surface area contributed by atoms with Gasteiger partial charge in [0.1, 0.15) is 18.2 Å². The smallest absolute Gasteiger partial charge is 0.158 e. The summed E-state index contributed by atoms with van der Waals surface area (Å²) < 4.78 is 5.03. The summed E-state index contributed by atoms with van der Waals surface area (Å²) in [4.78, 5) is 8.57. The molecule has 1 aromatic rings. The van der Waals surface area contributed by atoms with Crippen molar-refractivity contribution in [2.75, 3.05) is 24.5 Å². The highest BCUT2D eigenvalue weighted by Crippen LogP contribution is 2.28. The summed E-state index contributed by atoms with van der Waals surface area (Å²) in [6.45, 7) is 0.536. The summed E-state index contributed by atoms with van der Waals surface area (Å²) >= 11 is 0. The Hall–Kier alpha value is -1.44. The number of nitrogens with two attached hydrogens (primary N) is 1. The number of nitrogen functional groups attached to an aromatic ring is 1. The van der Waals surface area contributed by atoms with E-state index in [0.29, 0.717) is 24.1 Å². The van der Waals surface area contributed by atoms with E-state index in [-0.39, 0.29) is 18.6 Å². The van der Waals surface area contributed by atoms with Crippen LogP contribution in [0.2, 0.25) is 0 Å². The summed E-state index contributed by atoms with van der Waals surface area (Å²) in [6.07, 6.45) is 3.22. The van der Waals surface area contributed by atoms with E-state index in [1.54, 1.807) is 13.2 Å².